The van der Waals surface area contributed by atoms with E-state index in [1.807, 2.05) is 0 Å². The maximum absolute atomic E-state index is 12.6. The first-order valence-electron chi connectivity index (χ1n) is 11.0. The molecule has 1 unspecified atom stereocenters. The number of thioether (sulfide) groups is 1. The van der Waals surface area contributed by atoms with Crippen molar-refractivity contribution >= 4 is 32.8 Å². The Labute approximate surface area is 171 Å². The highest BCUT2D eigenvalue weighted by molar-refractivity contribution is 9.09. The van der Waals surface area contributed by atoms with Crippen LogP contribution in [0.15, 0.2) is 0 Å². The molecule has 1 nitrogen and oxygen atoms in total. The summed E-state index contributed by atoms with van der Waals surface area (Å²) >= 11 is 5.11. The SMILES string of the molecule is CCCCCCCCC(CCCCCC)C(=O)SCCCCCCBr. The van der Waals surface area contributed by atoms with E-state index in [-0.39, 0.29) is 0 Å². The molecule has 0 saturated carbocycles. The van der Waals surface area contributed by atoms with Crippen molar-refractivity contribution in [2.45, 2.75) is 117 Å². The van der Waals surface area contributed by atoms with Crippen molar-refractivity contribution in [3.05, 3.63) is 0 Å². The van der Waals surface area contributed by atoms with Gasteiger partial charge in [0.2, 0.25) is 0 Å². The number of rotatable bonds is 19. The van der Waals surface area contributed by atoms with Gasteiger partial charge in [-0.05, 0) is 25.7 Å². The maximum Gasteiger partial charge on any atom is 0.192 e. The number of carbonyl (C=O) groups excluding carboxylic acids is 1. The van der Waals surface area contributed by atoms with Crippen molar-refractivity contribution in [3.8, 4) is 0 Å². The Hall–Kier alpha value is 0.500. The molecular weight excluding hydrogens is 392 g/mol. The lowest BCUT2D eigenvalue weighted by atomic mass is 9.95. The number of alkyl halides is 1. The molecule has 0 aromatic rings. The number of hydrogen-bond acceptors (Lipinski definition) is 2. The summed E-state index contributed by atoms with van der Waals surface area (Å²) in [6.45, 7) is 4.52. The predicted molar refractivity (Wildman–Crippen MR) is 120 cm³/mol. The summed E-state index contributed by atoms with van der Waals surface area (Å²) in [4.78, 5) is 12.6. The van der Waals surface area contributed by atoms with Crippen molar-refractivity contribution in [2.24, 2.45) is 5.92 Å². The third kappa shape index (κ3) is 17.7. The highest BCUT2D eigenvalue weighted by Crippen LogP contribution is 2.25. The minimum Gasteiger partial charge on any atom is -0.287 e. The second-order valence-electron chi connectivity index (χ2n) is 7.37. The lowest BCUT2D eigenvalue weighted by Crippen LogP contribution is -2.12. The average molecular weight is 436 g/mol. The first-order valence-corrected chi connectivity index (χ1v) is 13.1. The molecule has 1 atom stereocenters. The molecule has 0 amide bonds. The highest BCUT2D eigenvalue weighted by atomic mass is 79.9. The Bertz CT molecular complexity index is 283. The summed E-state index contributed by atoms with van der Waals surface area (Å²) in [5.41, 5.74) is 0. The second-order valence-corrected chi connectivity index (χ2v) is 9.27. The maximum atomic E-state index is 12.6. The number of unbranched alkanes of at least 4 members (excludes halogenated alkanes) is 11. The zero-order valence-corrected chi connectivity index (χ0v) is 19.4. The van der Waals surface area contributed by atoms with Crippen molar-refractivity contribution in [1.29, 1.82) is 0 Å². The number of carbonyl (C=O) groups is 1. The molecule has 0 aliphatic heterocycles. The van der Waals surface area contributed by atoms with Gasteiger partial charge in [-0.3, -0.25) is 4.79 Å². The molecule has 0 rings (SSSR count). The van der Waals surface area contributed by atoms with Crippen LogP contribution in [0.1, 0.15) is 117 Å². The van der Waals surface area contributed by atoms with E-state index in [9.17, 15) is 4.79 Å². The second kappa shape index (κ2) is 20.8. The van der Waals surface area contributed by atoms with Crippen LogP contribution in [0, 0.1) is 5.92 Å². The van der Waals surface area contributed by atoms with E-state index < -0.39 is 0 Å². The molecule has 0 aliphatic carbocycles. The smallest absolute Gasteiger partial charge is 0.192 e. The van der Waals surface area contributed by atoms with E-state index in [0.717, 1.165) is 23.9 Å². The van der Waals surface area contributed by atoms with Gasteiger partial charge < -0.3 is 0 Å². The van der Waals surface area contributed by atoms with E-state index in [4.69, 9.17) is 0 Å². The van der Waals surface area contributed by atoms with Crippen LogP contribution in [-0.4, -0.2) is 16.2 Å². The Morgan fingerprint density at radius 2 is 1.20 bits per heavy atom. The van der Waals surface area contributed by atoms with Gasteiger partial charge in [0.05, 0.1) is 0 Å². The van der Waals surface area contributed by atoms with Crippen LogP contribution >= 0.6 is 27.7 Å². The molecule has 0 radical (unpaired) electrons. The standard InChI is InChI=1S/C22H43BrOS/c1-3-5-7-9-10-14-18-21(17-13-8-6-4-2)22(24)25-20-16-12-11-15-19-23/h21H,3-20H2,1-2H3. The van der Waals surface area contributed by atoms with Crippen LogP contribution < -0.4 is 0 Å². The lowest BCUT2D eigenvalue weighted by molar-refractivity contribution is -0.114. The summed E-state index contributed by atoms with van der Waals surface area (Å²) in [7, 11) is 0. The van der Waals surface area contributed by atoms with Crippen LogP contribution in [0.5, 0.6) is 0 Å². The normalized spacial score (nSPS) is 12.4. The predicted octanol–water partition coefficient (Wildman–Crippen LogP) is 8.54. The Morgan fingerprint density at radius 1 is 0.720 bits per heavy atom. The van der Waals surface area contributed by atoms with Gasteiger partial charge in [-0.25, -0.2) is 0 Å². The van der Waals surface area contributed by atoms with Gasteiger partial charge in [-0.2, -0.15) is 0 Å². The quantitative estimate of drug-likeness (QED) is 0.149. The minimum absolute atomic E-state index is 0.329. The molecule has 3 heteroatoms. The van der Waals surface area contributed by atoms with Crippen LogP contribution in [-0.2, 0) is 4.79 Å². The largest absolute Gasteiger partial charge is 0.287 e. The molecule has 0 aliphatic rings. The summed E-state index contributed by atoms with van der Waals surface area (Å²) in [5, 5.41) is 1.60. The fraction of sp³-hybridized carbons (Fsp3) is 0.955. The molecule has 25 heavy (non-hydrogen) atoms. The van der Waals surface area contributed by atoms with Crippen molar-refractivity contribution < 1.29 is 4.79 Å². The molecule has 0 aromatic heterocycles. The minimum atomic E-state index is 0.329. The van der Waals surface area contributed by atoms with Crippen LogP contribution in [0.4, 0.5) is 0 Å². The fourth-order valence-corrected chi connectivity index (χ4v) is 4.63. The van der Waals surface area contributed by atoms with Gasteiger partial charge in [0, 0.05) is 17.0 Å². The van der Waals surface area contributed by atoms with E-state index in [2.05, 4.69) is 29.8 Å². The molecule has 150 valence electrons. The van der Waals surface area contributed by atoms with Crippen LogP contribution in [0.3, 0.4) is 0 Å². The molecule has 0 N–H and O–H groups in total. The van der Waals surface area contributed by atoms with Crippen LogP contribution in [0.25, 0.3) is 0 Å². The number of hydrogen-bond donors (Lipinski definition) is 0. The Kier molecular flexibility index (Phi) is 21.2. The van der Waals surface area contributed by atoms with E-state index in [0.29, 0.717) is 11.0 Å². The fourth-order valence-electron chi connectivity index (χ4n) is 3.21. The van der Waals surface area contributed by atoms with E-state index in [1.165, 1.54) is 89.9 Å². The molecule has 0 fully saturated rings. The number of halogens is 1. The van der Waals surface area contributed by atoms with E-state index in [1.54, 1.807) is 11.8 Å². The lowest BCUT2D eigenvalue weighted by Gasteiger charge is -2.15. The molecular formula is C22H43BrOS. The zero-order chi connectivity index (χ0) is 18.6. The average Bonchev–Trinajstić information content (AvgIpc) is 2.62. The van der Waals surface area contributed by atoms with Crippen LogP contribution in [0.2, 0.25) is 0 Å². The highest BCUT2D eigenvalue weighted by Gasteiger charge is 2.18. The summed E-state index contributed by atoms with van der Waals surface area (Å²) in [6, 6.07) is 0. The molecule has 0 bridgehead atoms. The third-order valence-corrected chi connectivity index (χ3v) is 6.59. The topological polar surface area (TPSA) is 17.1 Å². The summed E-state index contributed by atoms with van der Waals surface area (Å²) < 4.78 is 0. The summed E-state index contributed by atoms with van der Waals surface area (Å²) in [6.07, 6.45) is 20.4. The molecule has 0 saturated heterocycles. The Balaban J connectivity index is 3.97. The first kappa shape index (κ1) is 25.5. The molecule has 0 heterocycles. The van der Waals surface area contributed by atoms with Gasteiger partial charge in [-0.1, -0.05) is 119 Å². The van der Waals surface area contributed by atoms with Crippen molar-refractivity contribution in [1.82, 2.24) is 0 Å². The van der Waals surface area contributed by atoms with E-state index >= 15 is 0 Å². The van der Waals surface area contributed by atoms with Gasteiger partial charge in [-0.15, -0.1) is 0 Å². The van der Waals surface area contributed by atoms with Crippen molar-refractivity contribution in [3.63, 3.8) is 0 Å². The zero-order valence-electron chi connectivity index (χ0n) is 17.0. The monoisotopic (exact) mass is 434 g/mol. The van der Waals surface area contributed by atoms with Gasteiger partial charge in [0.1, 0.15) is 0 Å². The third-order valence-electron chi connectivity index (χ3n) is 4.92. The molecule has 0 spiro atoms. The Morgan fingerprint density at radius 3 is 1.80 bits per heavy atom. The van der Waals surface area contributed by atoms with Gasteiger partial charge >= 0.3 is 0 Å². The molecule has 0 aromatic carbocycles. The summed E-state index contributed by atoms with van der Waals surface area (Å²) in [5.74, 6) is 1.36. The van der Waals surface area contributed by atoms with Crippen molar-refractivity contribution in [2.75, 3.05) is 11.1 Å². The van der Waals surface area contributed by atoms with Gasteiger partial charge in [0.15, 0.2) is 5.12 Å². The first-order chi connectivity index (χ1) is 12.3. The van der Waals surface area contributed by atoms with Gasteiger partial charge in [0.25, 0.3) is 0 Å².